The van der Waals surface area contributed by atoms with Crippen LogP contribution in [0, 0.1) is 0 Å². The molecule has 1 atom stereocenters. The highest BCUT2D eigenvalue weighted by atomic mass is 16.5. The molecular formula is C16H22N2O4. The van der Waals surface area contributed by atoms with E-state index in [2.05, 4.69) is 5.32 Å². The summed E-state index contributed by atoms with van der Waals surface area (Å²) in [5, 5.41) is 2.57. The van der Waals surface area contributed by atoms with Crippen LogP contribution in [0.1, 0.15) is 13.3 Å². The molecule has 0 radical (unpaired) electrons. The number of hydrogen-bond donors (Lipinski definition) is 1. The number of rotatable bonds is 5. The van der Waals surface area contributed by atoms with Gasteiger partial charge in [-0.1, -0.05) is 18.2 Å². The quantitative estimate of drug-likeness (QED) is 0.874. The van der Waals surface area contributed by atoms with Gasteiger partial charge in [-0.25, -0.2) is 0 Å². The van der Waals surface area contributed by atoms with Crippen molar-refractivity contribution in [2.75, 3.05) is 33.4 Å². The lowest BCUT2D eigenvalue weighted by Crippen LogP contribution is -2.58. The van der Waals surface area contributed by atoms with E-state index in [0.29, 0.717) is 19.8 Å². The van der Waals surface area contributed by atoms with Crippen molar-refractivity contribution in [2.24, 2.45) is 0 Å². The van der Waals surface area contributed by atoms with Gasteiger partial charge in [0.05, 0.1) is 26.2 Å². The van der Waals surface area contributed by atoms with Crippen molar-refractivity contribution in [1.82, 2.24) is 10.2 Å². The molecule has 1 saturated heterocycles. The smallest absolute Gasteiger partial charge is 0.253 e. The van der Waals surface area contributed by atoms with Gasteiger partial charge in [0, 0.05) is 13.6 Å². The lowest BCUT2D eigenvalue weighted by atomic mass is 10.0. The van der Waals surface area contributed by atoms with Crippen LogP contribution in [-0.2, 0) is 14.3 Å². The molecule has 1 N–H and O–H groups in total. The zero-order chi connectivity index (χ0) is 16.0. The molecule has 6 nitrogen and oxygen atoms in total. The number of likely N-dealkylation sites (N-methyl/N-ethyl adjacent to an activating group) is 1. The second-order valence-electron chi connectivity index (χ2n) is 5.39. The van der Waals surface area contributed by atoms with E-state index in [1.165, 1.54) is 0 Å². The summed E-state index contributed by atoms with van der Waals surface area (Å²) in [6.45, 7) is 3.13. The first-order chi connectivity index (χ1) is 10.5. The van der Waals surface area contributed by atoms with Crippen LogP contribution in [0.25, 0.3) is 0 Å². The van der Waals surface area contributed by atoms with Crippen LogP contribution in [0.3, 0.4) is 0 Å². The highest BCUT2D eigenvalue weighted by molar-refractivity contribution is 5.86. The van der Waals surface area contributed by atoms with Gasteiger partial charge in [0.25, 0.3) is 5.91 Å². The van der Waals surface area contributed by atoms with Crippen molar-refractivity contribution in [3.63, 3.8) is 0 Å². The molecule has 0 bridgehead atoms. The topological polar surface area (TPSA) is 67.9 Å². The molecule has 1 fully saturated rings. The summed E-state index contributed by atoms with van der Waals surface area (Å²) in [5.41, 5.74) is -0.983. The number of ether oxygens (including phenoxy) is 2. The molecule has 1 aromatic carbocycles. The zero-order valence-corrected chi connectivity index (χ0v) is 13.0. The molecular weight excluding hydrogens is 284 g/mol. The number of benzene rings is 1. The van der Waals surface area contributed by atoms with Gasteiger partial charge in [0.2, 0.25) is 5.91 Å². The first-order valence-electron chi connectivity index (χ1n) is 7.37. The molecule has 1 unspecified atom stereocenters. The van der Waals surface area contributed by atoms with Gasteiger partial charge in [-0.05, 0) is 19.1 Å². The molecule has 6 heteroatoms. The molecule has 1 heterocycles. The Morgan fingerprint density at radius 1 is 1.36 bits per heavy atom. The Morgan fingerprint density at radius 2 is 2.09 bits per heavy atom. The Kier molecular flexibility index (Phi) is 5.38. The van der Waals surface area contributed by atoms with Crippen LogP contribution in [0.15, 0.2) is 30.3 Å². The lowest BCUT2D eigenvalue weighted by molar-refractivity contribution is -0.162. The van der Waals surface area contributed by atoms with E-state index in [1.807, 2.05) is 30.3 Å². The van der Waals surface area contributed by atoms with Crippen LogP contribution in [0.4, 0.5) is 0 Å². The maximum atomic E-state index is 12.2. The van der Waals surface area contributed by atoms with Crippen molar-refractivity contribution in [3.8, 4) is 5.75 Å². The Morgan fingerprint density at radius 3 is 2.77 bits per heavy atom. The average Bonchev–Trinajstić information content (AvgIpc) is 2.55. The molecule has 0 aromatic heterocycles. The summed E-state index contributed by atoms with van der Waals surface area (Å²) in [5.74, 6) is 0.493. The van der Waals surface area contributed by atoms with E-state index in [1.54, 1.807) is 18.9 Å². The third-order valence-electron chi connectivity index (χ3n) is 3.66. The van der Waals surface area contributed by atoms with Gasteiger partial charge in [0.15, 0.2) is 5.60 Å². The maximum Gasteiger partial charge on any atom is 0.253 e. The first-order valence-corrected chi connectivity index (χ1v) is 7.37. The predicted octanol–water partition coefficient (Wildman–Crippen LogP) is 0.819. The first kappa shape index (κ1) is 16.3. The van der Waals surface area contributed by atoms with E-state index in [9.17, 15) is 9.59 Å². The Labute approximate surface area is 130 Å². The van der Waals surface area contributed by atoms with E-state index in [-0.39, 0.29) is 24.8 Å². The minimum atomic E-state index is -0.983. The fourth-order valence-electron chi connectivity index (χ4n) is 2.42. The van der Waals surface area contributed by atoms with Crippen molar-refractivity contribution in [1.29, 1.82) is 0 Å². The fraction of sp³-hybridized carbons (Fsp3) is 0.500. The number of nitrogens with zero attached hydrogens (tertiary/aromatic N) is 1. The molecule has 2 rings (SSSR count). The molecule has 0 aliphatic carbocycles. The zero-order valence-electron chi connectivity index (χ0n) is 13.0. The van der Waals surface area contributed by atoms with Crippen molar-refractivity contribution < 1.29 is 19.1 Å². The highest BCUT2D eigenvalue weighted by Gasteiger charge is 2.39. The number of amides is 2. The molecule has 1 aliphatic rings. The fourth-order valence-corrected chi connectivity index (χ4v) is 2.42. The van der Waals surface area contributed by atoms with Crippen LogP contribution in [0.2, 0.25) is 0 Å². The summed E-state index contributed by atoms with van der Waals surface area (Å²) in [6.07, 6.45) is 0.277. The minimum absolute atomic E-state index is 0.0330. The summed E-state index contributed by atoms with van der Waals surface area (Å²) in [6, 6.07) is 9.37. The average molecular weight is 306 g/mol. The van der Waals surface area contributed by atoms with Gasteiger partial charge >= 0.3 is 0 Å². The number of carbonyl (C=O) groups is 2. The Bertz CT molecular complexity index is 520. The third-order valence-corrected chi connectivity index (χ3v) is 3.66. The molecule has 0 spiro atoms. The number of para-hydroxylation sites is 1. The molecule has 1 aromatic rings. The lowest BCUT2D eigenvalue weighted by Gasteiger charge is -2.39. The van der Waals surface area contributed by atoms with Crippen molar-refractivity contribution >= 4 is 11.8 Å². The van der Waals surface area contributed by atoms with Crippen LogP contribution >= 0.6 is 0 Å². The highest BCUT2D eigenvalue weighted by Crippen LogP contribution is 2.18. The minimum Gasteiger partial charge on any atom is -0.493 e. The monoisotopic (exact) mass is 306 g/mol. The standard InChI is InChI=1S/C16H22N2O4/c1-16(15(20)17-2)12-18(9-11-22-16)14(19)8-10-21-13-6-4-3-5-7-13/h3-7H,8-12H2,1-2H3,(H,17,20). The van der Waals surface area contributed by atoms with Crippen LogP contribution in [-0.4, -0.2) is 55.7 Å². The van der Waals surface area contributed by atoms with Crippen LogP contribution in [0.5, 0.6) is 5.75 Å². The van der Waals surface area contributed by atoms with Crippen molar-refractivity contribution in [3.05, 3.63) is 30.3 Å². The van der Waals surface area contributed by atoms with Gasteiger partial charge in [0.1, 0.15) is 5.75 Å². The summed E-state index contributed by atoms with van der Waals surface area (Å²) in [7, 11) is 1.56. The van der Waals surface area contributed by atoms with E-state index in [4.69, 9.17) is 9.47 Å². The van der Waals surface area contributed by atoms with Gasteiger partial charge in [-0.3, -0.25) is 9.59 Å². The van der Waals surface area contributed by atoms with Crippen LogP contribution < -0.4 is 10.1 Å². The third kappa shape index (κ3) is 3.98. The van der Waals surface area contributed by atoms with Gasteiger partial charge < -0.3 is 19.7 Å². The summed E-state index contributed by atoms with van der Waals surface area (Å²) < 4.78 is 11.1. The summed E-state index contributed by atoms with van der Waals surface area (Å²) in [4.78, 5) is 25.8. The predicted molar refractivity (Wildman–Crippen MR) is 81.6 cm³/mol. The molecule has 120 valence electrons. The molecule has 0 saturated carbocycles. The molecule has 1 aliphatic heterocycles. The van der Waals surface area contributed by atoms with Gasteiger partial charge in [-0.2, -0.15) is 0 Å². The Balaban J connectivity index is 1.83. The second-order valence-corrected chi connectivity index (χ2v) is 5.39. The van der Waals surface area contributed by atoms with E-state index in [0.717, 1.165) is 5.75 Å². The maximum absolute atomic E-state index is 12.2. The van der Waals surface area contributed by atoms with Crippen molar-refractivity contribution in [2.45, 2.75) is 18.9 Å². The number of carbonyl (C=O) groups excluding carboxylic acids is 2. The van der Waals surface area contributed by atoms with E-state index < -0.39 is 5.60 Å². The number of nitrogens with one attached hydrogen (secondary N) is 1. The molecule has 22 heavy (non-hydrogen) atoms. The second kappa shape index (κ2) is 7.26. The van der Waals surface area contributed by atoms with E-state index >= 15 is 0 Å². The number of hydrogen-bond acceptors (Lipinski definition) is 4. The Hall–Kier alpha value is -2.08. The SMILES string of the molecule is CNC(=O)C1(C)CN(C(=O)CCOc2ccccc2)CCO1. The summed E-state index contributed by atoms with van der Waals surface area (Å²) >= 11 is 0. The van der Waals surface area contributed by atoms with Gasteiger partial charge in [-0.15, -0.1) is 0 Å². The molecule has 2 amide bonds. The number of morpholine rings is 1. The normalized spacial score (nSPS) is 21.3. The largest absolute Gasteiger partial charge is 0.493 e.